The number of hydrogen-bond acceptors (Lipinski definition) is 4. The molecule has 0 saturated carbocycles. The topological polar surface area (TPSA) is 59.8 Å². The molecule has 25 heavy (non-hydrogen) atoms. The molecule has 1 aromatic heterocycles. The van der Waals surface area contributed by atoms with Gasteiger partial charge in [-0.2, -0.15) is 0 Å². The summed E-state index contributed by atoms with van der Waals surface area (Å²) in [4.78, 5) is 26.1. The molecule has 1 saturated heterocycles. The zero-order valence-corrected chi connectivity index (χ0v) is 14.0. The maximum Gasteiger partial charge on any atom is 0.289 e. The Morgan fingerprint density at radius 3 is 2.68 bits per heavy atom. The highest BCUT2D eigenvalue weighted by molar-refractivity contribution is 5.91. The Labute approximate surface area is 145 Å². The molecule has 1 atom stereocenters. The van der Waals surface area contributed by atoms with Gasteiger partial charge >= 0.3 is 0 Å². The number of methoxy groups -OCH3 is 1. The Morgan fingerprint density at radius 2 is 2.00 bits per heavy atom. The predicted octanol–water partition coefficient (Wildman–Crippen LogP) is 3.20. The molecule has 3 rings (SSSR count). The summed E-state index contributed by atoms with van der Waals surface area (Å²) in [6, 6.07) is 7.72. The molecule has 0 radical (unpaired) electrons. The molecular weight excluding hydrogens is 325 g/mol. The molecule has 1 aromatic carbocycles. The van der Waals surface area contributed by atoms with Crippen molar-refractivity contribution >= 4 is 5.91 Å². The Hall–Kier alpha value is -2.63. The molecule has 0 bridgehead atoms. The summed E-state index contributed by atoms with van der Waals surface area (Å²) in [5, 5.41) is 0. The second-order valence-electron chi connectivity index (χ2n) is 6.15. The highest BCUT2D eigenvalue weighted by Gasteiger charge is 2.24. The van der Waals surface area contributed by atoms with Crippen molar-refractivity contribution in [2.75, 3.05) is 20.2 Å². The van der Waals surface area contributed by atoms with Crippen LogP contribution in [0.5, 0.6) is 5.75 Å². The van der Waals surface area contributed by atoms with Gasteiger partial charge in [-0.15, -0.1) is 0 Å². The summed E-state index contributed by atoms with van der Waals surface area (Å²) in [5.74, 6) is -0.153. The van der Waals surface area contributed by atoms with Crippen LogP contribution in [-0.2, 0) is 0 Å². The first kappa shape index (κ1) is 17.2. The normalized spacial score (nSPS) is 17.8. The first-order valence-corrected chi connectivity index (χ1v) is 8.30. The van der Waals surface area contributed by atoms with Gasteiger partial charge in [-0.05, 0) is 42.9 Å². The van der Waals surface area contributed by atoms with Crippen molar-refractivity contribution in [3.8, 4) is 5.75 Å². The van der Waals surface area contributed by atoms with Crippen molar-refractivity contribution in [3.63, 3.8) is 0 Å². The van der Waals surface area contributed by atoms with Crippen molar-refractivity contribution in [2.45, 2.75) is 25.2 Å². The second kappa shape index (κ2) is 7.51. The van der Waals surface area contributed by atoms with Crippen LogP contribution >= 0.6 is 0 Å². The highest BCUT2D eigenvalue weighted by atomic mass is 19.1. The first-order valence-electron chi connectivity index (χ1n) is 8.30. The Bertz CT molecular complexity index is 800. The molecule has 0 spiro atoms. The zero-order chi connectivity index (χ0) is 17.8. The van der Waals surface area contributed by atoms with Gasteiger partial charge in [0.05, 0.1) is 7.11 Å². The van der Waals surface area contributed by atoms with E-state index in [0.29, 0.717) is 19.0 Å². The number of amides is 1. The van der Waals surface area contributed by atoms with E-state index in [1.807, 2.05) is 0 Å². The molecule has 2 heterocycles. The van der Waals surface area contributed by atoms with Crippen LogP contribution in [-0.4, -0.2) is 31.0 Å². The van der Waals surface area contributed by atoms with E-state index in [0.717, 1.165) is 31.1 Å². The minimum absolute atomic E-state index is 0.0195. The lowest BCUT2D eigenvalue weighted by Gasteiger charge is -2.20. The van der Waals surface area contributed by atoms with E-state index >= 15 is 0 Å². The fourth-order valence-corrected chi connectivity index (χ4v) is 3.18. The lowest BCUT2D eigenvalue weighted by atomic mass is 9.92. The van der Waals surface area contributed by atoms with E-state index in [9.17, 15) is 14.0 Å². The number of benzene rings is 1. The van der Waals surface area contributed by atoms with Crippen LogP contribution in [0.25, 0.3) is 0 Å². The summed E-state index contributed by atoms with van der Waals surface area (Å²) >= 11 is 0. The summed E-state index contributed by atoms with van der Waals surface area (Å²) in [5.41, 5.74) is 0.711. The van der Waals surface area contributed by atoms with E-state index in [4.69, 9.17) is 9.15 Å². The molecule has 1 aliphatic heterocycles. The predicted molar refractivity (Wildman–Crippen MR) is 90.4 cm³/mol. The molecule has 1 aliphatic rings. The Morgan fingerprint density at radius 1 is 1.24 bits per heavy atom. The van der Waals surface area contributed by atoms with E-state index in [-0.39, 0.29) is 28.7 Å². The smallest absolute Gasteiger partial charge is 0.289 e. The number of carbonyl (C=O) groups excluding carboxylic acids is 1. The van der Waals surface area contributed by atoms with Gasteiger partial charge in [0, 0.05) is 19.2 Å². The zero-order valence-electron chi connectivity index (χ0n) is 14.0. The summed E-state index contributed by atoms with van der Waals surface area (Å²) < 4.78 is 23.2. The quantitative estimate of drug-likeness (QED) is 0.857. The third kappa shape index (κ3) is 3.90. The molecule has 0 aliphatic carbocycles. The molecule has 1 amide bonds. The molecule has 5 nitrogen and oxygen atoms in total. The van der Waals surface area contributed by atoms with Crippen LogP contribution < -0.4 is 10.2 Å². The lowest BCUT2D eigenvalue weighted by molar-refractivity contribution is 0.0725. The number of ether oxygens (including phenoxy) is 1. The Kier molecular flexibility index (Phi) is 5.16. The van der Waals surface area contributed by atoms with E-state index in [1.165, 1.54) is 25.3 Å². The molecule has 2 aromatic rings. The van der Waals surface area contributed by atoms with Crippen LogP contribution in [0.2, 0.25) is 0 Å². The van der Waals surface area contributed by atoms with Gasteiger partial charge in [-0.25, -0.2) is 4.39 Å². The summed E-state index contributed by atoms with van der Waals surface area (Å²) in [6.07, 6.45) is 3.72. The monoisotopic (exact) mass is 345 g/mol. The van der Waals surface area contributed by atoms with Gasteiger partial charge in [0.25, 0.3) is 5.91 Å². The van der Waals surface area contributed by atoms with Crippen LogP contribution in [0.1, 0.15) is 41.3 Å². The number of likely N-dealkylation sites (tertiary alicyclic amines) is 1. The van der Waals surface area contributed by atoms with Gasteiger partial charge < -0.3 is 14.1 Å². The van der Waals surface area contributed by atoms with Crippen molar-refractivity contribution in [1.82, 2.24) is 4.90 Å². The standard InChI is InChI=1S/C19H20FNO4/c1-24-18-12-25-17(11-16(18)22)19(23)21-9-2-3-13(8-10-21)14-4-6-15(20)7-5-14/h4-7,11-13H,2-3,8-10H2,1H3. The average Bonchev–Trinajstić information content (AvgIpc) is 2.88. The third-order valence-corrected chi connectivity index (χ3v) is 4.59. The molecular formula is C19H20FNO4. The van der Waals surface area contributed by atoms with Gasteiger partial charge in [-0.3, -0.25) is 9.59 Å². The number of halogens is 1. The maximum atomic E-state index is 13.1. The van der Waals surface area contributed by atoms with Crippen molar-refractivity contribution in [3.05, 3.63) is 64.0 Å². The fraction of sp³-hybridized carbons (Fsp3) is 0.368. The van der Waals surface area contributed by atoms with Crippen molar-refractivity contribution < 1.29 is 18.3 Å². The summed E-state index contributed by atoms with van der Waals surface area (Å²) in [7, 11) is 1.37. The van der Waals surface area contributed by atoms with Gasteiger partial charge in [0.2, 0.25) is 11.2 Å². The molecule has 6 heteroatoms. The molecule has 132 valence electrons. The number of rotatable bonds is 3. The van der Waals surface area contributed by atoms with Gasteiger partial charge in [-0.1, -0.05) is 12.1 Å². The van der Waals surface area contributed by atoms with Crippen LogP contribution in [0, 0.1) is 5.82 Å². The minimum Gasteiger partial charge on any atom is -0.490 e. The summed E-state index contributed by atoms with van der Waals surface area (Å²) in [6.45, 7) is 1.17. The molecule has 0 N–H and O–H groups in total. The SMILES string of the molecule is COc1coc(C(=O)N2CCCC(c3ccc(F)cc3)CC2)cc1=O. The van der Waals surface area contributed by atoms with Crippen molar-refractivity contribution in [1.29, 1.82) is 0 Å². The minimum atomic E-state index is -0.379. The van der Waals surface area contributed by atoms with Crippen LogP contribution in [0.4, 0.5) is 4.39 Å². The number of hydrogen-bond donors (Lipinski definition) is 0. The van der Waals surface area contributed by atoms with Crippen LogP contribution in [0.15, 0.2) is 45.8 Å². The first-order chi connectivity index (χ1) is 12.1. The lowest BCUT2D eigenvalue weighted by Crippen LogP contribution is -2.32. The fourth-order valence-electron chi connectivity index (χ4n) is 3.18. The second-order valence-corrected chi connectivity index (χ2v) is 6.15. The van der Waals surface area contributed by atoms with E-state index < -0.39 is 0 Å². The van der Waals surface area contributed by atoms with E-state index in [1.54, 1.807) is 17.0 Å². The number of carbonyl (C=O) groups is 1. The Balaban J connectivity index is 1.70. The van der Waals surface area contributed by atoms with E-state index in [2.05, 4.69) is 0 Å². The number of nitrogens with zero attached hydrogens (tertiary/aromatic N) is 1. The average molecular weight is 345 g/mol. The van der Waals surface area contributed by atoms with Gasteiger partial charge in [0.15, 0.2) is 5.76 Å². The van der Waals surface area contributed by atoms with Gasteiger partial charge in [0.1, 0.15) is 12.1 Å². The molecule has 1 fully saturated rings. The van der Waals surface area contributed by atoms with Crippen LogP contribution in [0.3, 0.4) is 0 Å². The largest absolute Gasteiger partial charge is 0.490 e. The molecule has 1 unspecified atom stereocenters. The highest BCUT2D eigenvalue weighted by Crippen LogP contribution is 2.28. The maximum absolute atomic E-state index is 13.1. The van der Waals surface area contributed by atoms with Crippen molar-refractivity contribution in [2.24, 2.45) is 0 Å². The third-order valence-electron chi connectivity index (χ3n) is 4.59.